The smallest absolute Gasteiger partial charge is 0.193 e. The van der Waals surface area contributed by atoms with Crippen molar-refractivity contribution < 1.29 is 23.7 Å². The minimum atomic E-state index is -0.117. The van der Waals surface area contributed by atoms with Crippen LogP contribution in [-0.4, -0.2) is 34.2 Å². The molecule has 0 aliphatic rings. The first kappa shape index (κ1) is 24.9. The fourth-order valence-corrected chi connectivity index (χ4v) is 4.50. The maximum absolute atomic E-state index is 14.2. The SMILES string of the molecule is COc1ccc(C(=O)c2ccc(OC)c(OC)c2Cc2ccccc2)c(Cc2ccccc2)c1OC. The van der Waals surface area contributed by atoms with Gasteiger partial charge >= 0.3 is 0 Å². The average molecular weight is 483 g/mol. The van der Waals surface area contributed by atoms with Gasteiger partial charge in [-0.2, -0.15) is 0 Å². The summed E-state index contributed by atoms with van der Waals surface area (Å²) in [6, 6.07) is 27.2. The minimum absolute atomic E-state index is 0.117. The number of rotatable bonds is 10. The average Bonchev–Trinajstić information content (AvgIpc) is 2.93. The van der Waals surface area contributed by atoms with Crippen LogP contribution in [0, 0.1) is 0 Å². The third kappa shape index (κ3) is 5.05. The second-order valence-corrected chi connectivity index (χ2v) is 8.31. The Balaban J connectivity index is 1.89. The second-order valence-electron chi connectivity index (χ2n) is 8.31. The van der Waals surface area contributed by atoms with E-state index in [4.69, 9.17) is 18.9 Å². The van der Waals surface area contributed by atoms with Crippen LogP contribution in [0.4, 0.5) is 0 Å². The normalized spacial score (nSPS) is 10.6. The van der Waals surface area contributed by atoms with E-state index >= 15 is 0 Å². The molecule has 0 fully saturated rings. The summed E-state index contributed by atoms with van der Waals surface area (Å²) < 4.78 is 22.6. The maximum Gasteiger partial charge on any atom is 0.193 e. The monoisotopic (exact) mass is 482 g/mol. The Hall–Kier alpha value is -4.25. The van der Waals surface area contributed by atoms with E-state index in [0.717, 1.165) is 22.3 Å². The van der Waals surface area contributed by atoms with Crippen LogP contribution in [0.5, 0.6) is 23.0 Å². The lowest BCUT2D eigenvalue weighted by molar-refractivity contribution is 0.103. The molecule has 0 bridgehead atoms. The lowest BCUT2D eigenvalue weighted by Gasteiger charge is -2.20. The number of ether oxygens (including phenoxy) is 4. The molecule has 0 unspecified atom stereocenters. The first-order chi connectivity index (χ1) is 17.6. The molecule has 4 aromatic carbocycles. The molecule has 0 atom stereocenters. The van der Waals surface area contributed by atoms with E-state index in [0.29, 0.717) is 47.0 Å². The zero-order valence-electron chi connectivity index (χ0n) is 21.0. The van der Waals surface area contributed by atoms with Crippen molar-refractivity contribution in [2.75, 3.05) is 28.4 Å². The van der Waals surface area contributed by atoms with Gasteiger partial charge in [-0.15, -0.1) is 0 Å². The zero-order chi connectivity index (χ0) is 25.5. The predicted octanol–water partition coefficient (Wildman–Crippen LogP) is 6.13. The summed E-state index contributed by atoms with van der Waals surface area (Å²) in [7, 11) is 6.38. The van der Waals surface area contributed by atoms with Gasteiger partial charge < -0.3 is 18.9 Å². The minimum Gasteiger partial charge on any atom is -0.493 e. The Labute approximate surface area is 212 Å². The van der Waals surface area contributed by atoms with Gasteiger partial charge in [0.15, 0.2) is 28.8 Å². The van der Waals surface area contributed by atoms with E-state index in [9.17, 15) is 4.79 Å². The standard InChI is InChI=1S/C31H30O5/c1-33-27-17-15-23(25(30(27)35-3)19-21-11-7-5-8-12-21)29(32)24-16-18-28(34-2)31(36-4)26(24)20-22-13-9-6-10-14-22/h5-18H,19-20H2,1-4H3. The molecule has 0 saturated carbocycles. The fourth-order valence-electron chi connectivity index (χ4n) is 4.50. The zero-order valence-corrected chi connectivity index (χ0v) is 21.0. The summed E-state index contributed by atoms with van der Waals surface area (Å²) in [5.41, 5.74) is 4.78. The van der Waals surface area contributed by atoms with Crippen LogP contribution < -0.4 is 18.9 Å². The number of hydrogen-bond acceptors (Lipinski definition) is 5. The number of benzene rings is 4. The van der Waals surface area contributed by atoms with Gasteiger partial charge in [0.25, 0.3) is 0 Å². The highest BCUT2D eigenvalue weighted by Crippen LogP contribution is 2.39. The number of methoxy groups -OCH3 is 4. The summed E-state index contributed by atoms with van der Waals surface area (Å²) in [6.07, 6.45) is 1.03. The summed E-state index contributed by atoms with van der Waals surface area (Å²) in [6.45, 7) is 0. The molecule has 5 nitrogen and oxygen atoms in total. The molecule has 184 valence electrons. The van der Waals surface area contributed by atoms with Crippen molar-refractivity contribution in [2.24, 2.45) is 0 Å². The van der Waals surface area contributed by atoms with Crippen molar-refractivity contribution >= 4 is 5.78 Å². The third-order valence-corrected chi connectivity index (χ3v) is 6.23. The van der Waals surface area contributed by atoms with E-state index in [2.05, 4.69) is 0 Å². The van der Waals surface area contributed by atoms with Crippen molar-refractivity contribution in [1.82, 2.24) is 0 Å². The Kier molecular flexibility index (Phi) is 7.91. The molecule has 4 aromatic rings. The van der Waals surface area contributed by atoms with E-state index in [1.807, 2.05) is 72.8 Å². The fraction of sp³-hybridized carbons (Fsp3) is 0.194. The predicted molar refractivity (Wildman–Crippen MR) is 141 cm³/mol. The topological polar surface area (TPSA) is 54.0 Å². The van der Waals surface area contributed by atoms with Gasteiger partial charge in [0.2, 0.25) is 0 Å². The van der Waals surface area contributed by atoms with Crippen molar-refractivity contribution in [2.45, 2.75) is 12.8 Å². The molecular weight excluding hydrogens is 452 g/mol. The first-order valence-corrected chi connectivity index (χ1v) is 11.7. The lowest BCUT2D eigenvalue weighted by Crippen LogP contribution is -2.12. The van der Waals surface area contributed by atoms with Gasteiger partial charge in [-0.25, -0.2) is 0 Å². The van der Waals surface area contributed by atoms with Crippen molar-refractivity contribution in [3.8, 4) is 23.0 Å². The van der Waals surface area contributed by atoms with E-state index in [1.165, 1.54) is 0 Å². The molecule has 0 N–H and O–H groups in total. The maximum atomic E-state index is 14.2. The molecule has 0 aliphatic heterocycles. The Morgan fingerprint density at radius 1 is 0.528 bits per heavy atom. The first-order valence-electron chi connectivity index (χ1n) is 11.7. The number of carbonyl (C=O) groups is 1. The van der Waals surface area contributed by atoms with Gasteiger partial charge in [-0.1, -0.05) is 60.7 Å². The van der Waals surface area contributed by atoms with E-state index < -0.39 is 0 Å². The summed E-state index contributed by atoms with van der Waals surface area (Å²) in [5.74, 6) is 2.15. The van der Waals surface area contributed by atoms with Crippen LogP contribution in [-0.2, 0) is 12.8 Å². The highest BCUT2D eigenvalue weighted by molar-refractivity contribution is 6.12. The molecule has 0 aromatic heterocycles. The molecule has 0 aliphatic carbocycles. The number of hydrogen-bond donors (Lipinski definition) is 0. The van der Waals surface area contributed by atoms with Crippen LogP contribution in [0.15, 0.2) is 84.9 Å². The Bertz CT molecular complexity index is 1230. The van der Waals surface area contributed by atoms with E-state index in [1.54, 1.807) is 40.6 Å². The molecule has 0 spiro atoms. The van der Waals surface area contributed by atoms with Crippen molar-refractivity contribution in [1.29, 1.82) is 0 Å². The molecule has 5 heteroatoms. The molecule has 36 heavy (non-hydrogen) atoms. The molecule has 0 amide bonds. The molecule has 0 saturated heterocycles. The van der Waals surface area contributed by atoms with Crippen LogP contribution in [0.25, 0.3) is 0 Å². The third-order valence-electron chi connectivity index (χ3n) is 6.23. The quantitative estimate of drug-likeness (QED) is 0.254. The highest BCUT2D eigenvalue weighted by Gasteiger charge is 2.25. The second kappa shape index (κ2) is 11.5. The summed E-state index contributed by atoms with van der Waals surface area (Å²) >= 11 is 0. The molecule has 0 heterocycles. The van der Waals surface area contributed by atoms with E-state index in [-0.39, 0.29) is 5.78 Å². The van der Waals surface area contributed by atoms with Crippen molar-refractivity contribution in [3.05, 3.63) is 118 Å². The van der Waals surface area contributed by atoms with Crippen LogP contribution in [0.1, 0.15) is 38.2 Å². The van der Waals surface area contributed by atoms with Gasteiger partial charge in [-0.05, 0) is 35.4 Å². The largest absolute Gasteiger partial charge is 0.493 e. The van der Waals surface area contributed by atoms with Crippen LogP contribution >= 0.6 is 0 Å². The van der Waals surface area contributed by atoms with Crippen LogP contribution in [0.3, 0.4) is 0 Å². The van der Waals surface area contributed by atoms with Crippen molar-refractivity contribution in [3.63, 3.8) is 0 Å². The number of carbonyl (C=O) groups excluding carboxylic acids is 1. The molecular formula is C31H30O5. The van der Waals surface area contributed by atoms with Gasteiger partial charge in [0, 0.05) is 35.1 Å². The van der Waals surface area contributed by atoms with Gasteiger partial charge in [0.05, 0.1) is 28.4 Å². The highest BCUT2D eigenvalue weighted by atomic mass is 16.5. The molecule has 0 radical (unpaired) electrons. The molecule has 4 rings (SSSR count). The Morgan fingerprint density at radius 2 is 0.917 bits per heavy atom. The van der Waals surface area contributed by atoms with Gasteiger partial charge in [-0.3, -0.25) is 4.79 Å². The number of ketones is 1. The lowest BCUT2D eigenvalue weighted by atomic mass is 9.89. The Morgan fingerprint density at radius 3 is 1.25 bits per heavy atom. The summed E-state index contributed by atoms with van der Waals surface area (Å²) in [5, 5.41) is 0. The summed E-state index contributed by atoms with van der Waals surface area (Å²) in [4.78, 5) is 14.2. The van der Waals surface area contributed by atoms with Crippen LogP contribution in [0.2, 0.25) is 0 Å². The van der Waals surface area contributed by atoms with Gasteiger partial charge in [0.1, 0.15) is 0 Å².